The molecule has 0 aromatic carbocycles. The van der Waals surface area contributed by atoms with Crippen LogP contribution in [0.1, 0.15) is 45.4 Å². The summed E-state index contributed by atoms with van der Waals surface area (Å²) in [6, 6.07) is 0. The predicted molar refractivity (Wildman–Crippen MR) is 63.5 cm³/mol. The van der Waals surface area contributed by atoms with E-state index in [0.717, 1.165) is 38.0 Å². The van der Waals surface area contributed by atoms with Crippen LogP contribution in [-0.2, 0) is 14.3 Å². The SMILES string of the molecule is COCCCC(=O)C1(OC)CCC(C)CC1. The molecule has 0 spiro atoms. The predicted octanol–water partition coefficient (Wildman–Crippen LogP) is 2.58. The molecule has 1 fully saturated rings. The lowest BCUT2D eigenvalue weighted by atomic mass is 9.76. The summed E-state index contributed by atoms with van der Waals surface area (Å²) in [5.74, 6) is 0.994. The second-order valence-electron chi connectivity index (χ2n) is 4.90. The molecule has 16 heavy (non-hydrogen) atoms. The minimum atomic E-state index is -0.486. The fourth-order valence-electron chi connectivity index (χ4n) is 2.43. The molecule has 1 aliphatic rings. The average molecular weight is 228 g/mol. The quantitative estimate of drug-likeness (QED) is 0.655. The largest absolute Gasteiger partial charge is 0.385 e. The van der Waals surface area contributed by atoms with E-state index in [1.807, 2.05) is 0 Å². The van der Waals surface area contributed by atoms with E-state index in [4.69, 9.17) is 9.47 Å². The maximum absolute atomic E-state index is 12.2. The summed E-state index contributed by atoms with van der Waals surface area (Å²) in [5, 5.41) is 0. The van der Waals surface area contributed by atoms with E-state index in [9.17, 15) is 4.79 Å². The number of carbonyl (C=O) groups excluding carboxylic acids is 1. The van der Waals surface area contributed by atoms with Gasteiger partial charge in [-0.2, -0.15) is 0 Å². The Morgan fingerprint density at radius 3 is 2.44 bits per heavy atom. The smallest absolute Gasteiger partial charge is 0.164 e. The fourth-order valence-corrected chi connectivity index (χ4v) is 2.43. The minimum absolute atomic E-state index is 0.263. The molecule has 0 amide bonds. The molecule has 0 saturated heterocycles. The lowest BCUT2D eigenvalue weighted by Crippen LogP contribution is -2.43. The summed E-state index contributed by atoms with van der Waals surface area (Å²) >= 11 is 0. The second-order valence-corrected chi connectivity index (χ2v) is 4.90. The van der Waals surface area contributed by atoms with Gasteiger partial charge < -0.3 is 9.47 Å². The van der Waals surface area contributed by atoms with Crippen LogP contribution in [0.5, 0.6) is 0 Å². The van der Waals surface area contributed by atoms with Crippen LogP contribution in [0.25, 0.3) is 0 Å². The number of rotatable bonds is 6. The molecule has 1 rings (SSSR count). The summed E-state index contributed by atoms with van der Waals surface area (Å²) in [6.45, 7) is 2.90. The molecule has 0 unspecified atom stereocenters. The van der Waals surface area contributed by atoms with Crippen molar-refractivity contribution in [3.63, 3.8) is 0 Å². The standard InChI is InChI=1S/C13H24O3/c1-11-6-8-13(16-3,9-7-11)12(14)5-4-10-15-2/h11H,4-10H2,1-3H3. The Hall–Kier alpha value is -0.410. The fraction of sp³-hybridized carbons (Fsp3) is 0.923. The molecular weight excluding hydrogens is 204 g/mol. The molecule has 3 heteroatoms. The monoisotopic (exact) mass is 228 g/mol. The van der Waals surface area contributed by atoms with Gasteiger partial charge in [0.05, 0.1) is 0 Å². The van der Waals surface area contributed by atoms with Gasteiger partial charge in [0.15, 0.2) is 5.78 Å². The first-order valence-electron chi connectivity index (χ1n) is 6.22. The Labute approximate surface area is 98.5 Å². The van der Waals surface area contributed by atoms with Gasteiger partial charge in [-0.1, -0.05) is 6.92 Å². The van der Waals surface area contributed by atoms with E-state index in [1.54, 1.807) is 14.2 Å². The van der Waals surface area contributed by atoms with Gasteiger partial charge in [0.2, 0.25) is 0 Å². The highest BCUT2D eigenvalue weighted by atomic mass is 16.5. The number of Topliss-reactive ketones (excluding diaryl/α,β-unsaturated/α-hetero) is 1. The first-order valence-corrected chi connectivity index (χ1v) is 6.22. The third-order valence-electron chi connectivity index (χ3n) is 3.73. The number of hydrogen-bond donors (Lipinski definition) is 0. The van der Waals surface area contributed by atoms with Crippen molar-refractivity contribution in [2.24, 2.45) is 5.92 Å². The summed E-state index contributed by atoms with van der Waals surface area (Å²) < 4.78 is 10.5. The molecule has 0 N–H and O–H groups in total. The summed E-state index contributed by atoms with van der Waals surface area (Å²) in [7, 11) is 3.34. The van der Waals surface area contributed by atoms with Crippen LogP contribution in [0.3, 0.4) is 0 Å². The van der Waals surface area contributed by atoms with E-state index >= 15 is 0 Å². The van der Waals surface area contributed by atoms with E-state index in [-0.39, 0.29) is 5.78 Å². The van der Waals surface area contributed by atoms with Crippen LogP contribution in [0.2, 0.25) is 0 Å². The van der Waals surface area contributed by atoms with Crippen molar-refractivity contribution in [2.75, 3.05) is 20.8 Å². The Bertz CT molecular complexity index is 217. The van der Waals surface area contributed by atoms with Gasteiger partial charge in [0.25, 0.3) is 0 Å². The Morgan fingerprint density at radius 2 is 1.94 bits per heavy atom. The highest BCUT2D eigenvalue weighted by Gasteiger charge is 2.40. The number of hydrogen-bond acceptors (Lipinski definition) is 3. The molecule has 0 aliphatic heterocycles. The Kier molecular flexibility index (Phi) is 5.42. The first-order chi connectivity index (χ1) is 7.64. The summed E-state index contributed by atoms with van der Waals surface area (Å²) in [6.07, 6.45) is 5.35. The maximum Gasteiger partial charge on any atom is 0.164 e. The molecule has 94 valence electrons. The van der Waals surface area contributed by atoms with Crippen molar-refractivity contribution in [3.05, 3.63) is 0 Å². The zero-order chi connectivity index (χ0) is 12.0. The Morgan fingerprint density at radius 1 is 1.31 bits per heavy atom. The van der Waals surface area contributed by atoms with Crippen LogP contribution >= 0.6 is 0 Å². The van der Waals surface area contributed by atoms with E-state index in [2.05, 4.69) is 6.92 Å². The van der Waals surface area contributed by atoms with Gasteiger partial charge in [0.1, 0.15) is 5.60 Å². The number of ketones is 1. The van der Waals surface area contributed by atoms with Gasteiger partial charge in [-0.3, -0.25) is 4.79 Å². The van der Waals surface area contributed by atoms with Crippen molar-refractivity contribution in [3.8, 4) is 0 Å². The molecule has 1 saturated carbocycles. The van der Waals surface area contributed by atoms with Gasteiger partial charge >= 0.3 is 0 Å². The molecule has 1 aliphatic carbocycles. The van der Waals surface area contributed by atoms with E-state index in [0.29, 0.717) is 13.0 Å². The van der Waals surface area contributed by atoms with Crippen LogP contribution < -0.4 is 0 Å². The first kappa shape index (κ1) is 13.7. The molecule has 0 atom stereocenters. The third-order valence-corrected chi connectivity index (χ3v) is 3.73. The Balaban J connectivity index is 2.48. The summed E-state index contributed by atoms with van der Waals surface area (Å²) in [4.78, 5) is 12.2. The lowest BCUT2D eigenvalue weighted by Gasteiger charge is -2.37. The molecule has 0 bridgehead atoms. The van der Waals surface area contributed by atoms with Crippen molar-refractivity contribution in [1.29, 1.82) is 0 Å². The number of carbonyl (C=O) groups is 1. The van der Waals surface area contributed by atoms with E-state index in [1.165, 1.54) is 0 Å². The maximum atomic E-state index is 12.2. The zero-order valence-corrected chi connectivity index (χ0v) is 10.8. The van der Waals surface area contributed by atoms with Gasteiger partial charge in [0, 0.05) is 27.2 Å². The minimum Gasteiger partial charge on any atom is -0.385 e. The number of methoxy groups -OCH3 is 2. The van der Waals surface area contributed by atoms with E-state index < -0.39 is 5.60 Å². The molecule has 0 radical (unpaired) electrons. The van der Waals surface area contributed by atoms with Gasteiger partial charge in [-0.15, -0.1) is 0 Å². The van der Waals surface area contributed by atoms with Crippen molar-refractivity contribution in [1.82, 2.24) is 0 Å². The van der Waals surface area contributed by atoms with Gasteiger partial charge in [-0.25, -0.2) is 0 Å². The van der Waals surface area contributed by atoms with Gasteiger partial charge in [-0.05, 0) is 38.0 Å². The third kappa shape index (κ3) is 3.29. The zero-order valence-electron chi connectivity index (χ0n) is 10.8. The molecule has 3 nitrogen and oxygen atoms in total. The highest BCUT2D eigenvalue weighted by molar-refractivity contribution is 5.87. The topological polar surface area (TPSA) is 35.5 Å². The van der Waals surface area contributed by atoms with Crippen molar-refractivity contribution in [2.45, 2.75) is 51.0 Å². The second kappa shape index (κ2) is 6.36. The highest BCUT2D eigenvalue weighted by Crippen LogP contribution is 2.35. The lowest BCUT2D eigenvalue weighted by molar-refractivity contribution is -0.146. The normalized spacial score (nSPS) is 30.3. The average Bonchev–Trinajstić information content (AvgIpc) is 2.31. The number of ether oxygens (including phenoxy) is 2. The van der Waals surface area contributed by atoms with Crippen LogP contribution in [0.4, 0.5) is 0 Å². The van der Waals surface area contributed by atoms with Crippen LogP contribution in [-0.4, -0.2) is 32.2 Å². The van der Waals surface area contributed by atoms with Crippen molar-refractivity contribution >= 4 is 5.78 Å². The molecule has 0 aromatic heterocycles. The summed E-state index contributed by atoms with van der Waals surface area (Å²) in [5.41, 5.74) is -0.486. The molecule has 0 aromatic rings. The van der Waals surface area contributed by atoms with Crippen LogP contribution in [0.15, 0.2) is 0 Å². The molecule has 0 heterocycles. The van der Waals surface area contributed by atoms with Crippen LogP contribution in [0, 0.1) is 5.92 Å². The molecular formula is C13H24O3. The van der Waals surface area contributed by atoms with Crippen molar-refractivity contribution < 1.29 is 14.3 Å².